The van der Waals surface area contributed by atoms with Crippen molar-refractivity contribution >= 4 is 17.2 Å². The Kier molecular flexibility index (Phi) is 6.89. The molecule has 0 aliphatic rings. The number of carbonyl (C=O) groups is 1. The zero-order valence-corrected chi connectivity index (χ0v) is 11.3. The van der Waals surface area contributed by atoms with Crippen molar-refractivity contribution in [3.8, 4) is 0 Å². The van der Waals surface area contributed by atoms with Crippen LogP contribution in [0.2, 0.25) is 0 Å². The molecule has 1 aromatic rings. The summed E-state index contributed by atoms with van der Waals surface area (Å²) < 4.78 is 0. The van der Waals surface area contributed by atoms with Gasteiger partial charge in [-0.3, -0.25) is 4.79 Å². The number of aryl methyl sites for hydroxylation is 1. The van der Waals surface area contributed by atoms with E-state index in [4.69, 9.17) is 5.73 Å². The Balaban J connectivity index is 2.19. The van der Waals surface area contributed by atoms with Gasteiger partial charge in [-0.05, 0) is 42.8 Å². The van der Waals surface area contributed by atoms with Crippen LogP contribution in [0.3, 0.4) is 0 Å². The fourth-order valence-corrected chi connectivity index (χ4v) is 2.63. The number of carbonyl (C=O) groups excluding carboxylic acids is 1. The minimum atomic E-state index is 0.150. The van der Waals surface area contributed by atoms with Crippen molar-refractivity contribution in [1.29, 1.82) is 0 Å². The monoisotopic (exact) mass is 254 g/mol. The largest absolute Gasteiger partial charge is 0.351 e. The number of unbranched alkanes of at least 4 members (excludes halogenated alkanes) is 2. The van der Waals surface area contributed by atoms with Gasteiger partial charge in [0, 0.05) is 11.3 Å². The average Bonchev–Trinajstić information content (AvgIpc) is 2.79. The zero-order valence-electron chi connectivity index (χ0n) is 10.5. The van der Waals surface area contributed by atoms with E-state index in [1.807, 2.05) is 0 Å². The Labute approximate surface area is 107 Å². The molecule has 1 rings (SSSR count). The maximum Gasteiger partial charge on any atom is 0.220 e. The molecule has 1 amide bonds. The lowest BCUT2D eigenvalue weighted by atomic mass is 10.2. The Morgan fingerprint density at radius 2 is 2.24 bits per heavy atom. The molecule has 3 N–H and O–H groups in total. The maximum atomic E-state index is 11.6. The summed E-state index contributed by atoms with van der Waals surface area (Å²) in [7, 11) is 0. The Morgan fingerprint density at radius 1 is 1.41 bits per heavy atom. The highest BCUT2D eigenvalue weighted by Crippen LogP contribution is 2.16. The smallest absolute Gasteiger partial charge is 0.220 e. The van der Waals surface area contributed by atoms with Crippen molar-refractivity contribution in [2.24, 2.45) is 5.73 Å². The molecule has 0 saturated carbocycles. The van der Waals surface area contributed by atoms with E-state index in [2.05, 4.69) is 23.7 Å². The highest BCUT2D eigenvalue weighted by molar-refractivity contribution is 7.10. The molecule has 96 valence electrons. The first kappa shape index (κ1) is 14.2. The van der Waals surface area contributed by atoms with Crippen LogP contribution < -0.4 is 11.1 Å². The Bertz CT molecular complexity index is 336. The molecule has 1 aromatic heterocycles. The third-order valence-electron chi connectivity index (χ3n) is 2.77. The van der Waals surface area contributed by atoms with Crippen LogP contribution in [-0.2, 0) is 17.8 Å². The number of hydrogen-bond donors (Lipinski definition) is 2. The summed E-state index contributed by atoms with van der Waals surface area (Å²) >= 11 is 1.72. The van der Waals surface area contributed by atoms with E-state index in [1.54, 1.807) is 11.3 Å². The Morgan fingerprint density at radius 3 is 2.94 bits per heavy atom. The van der Waals surface area contributed by atoms with Crippen LogP contribution in [0.5, 0.6) is 0 Å². The van der Waals surface area contributed by atoms with Crippen molar-refractivity contribution in [3.63, 3.8) is 0 Å². The van der Waals surface area contributed by atoms with Crippen LogP contribution in [0.15, 0.2) is 11.4 Å². The summed E-state index contributed by atoms with van der Waals surface area (Å²) in [5.41, 5.74) is 6.75. The van der Waals surface area contributed by atoms with Crippen LogP contribution in [0.1, 0.15) is 43.0 Å². The molecule has 4 heteroatoms. The lowest BCUT2D eigenvalue weighted by Crippen LogP contribution is -2.22. The van der Waals surface area contributed by atoms with Crippen LogP contribution in [0.25, 0.3) is 0 Å². The minimum Gasteiger partial charge on any atom is -0.351 e. The normalized spacial score (nSPS) is 10.5. The van der Waals surface area contributed by atoms with E-state index < -0.39 is 0 Å². The molecule has 0 bridgehead atoms. The number of rotatable bonds is 8. The molecule has 0 fully saturated rings. The molecular weight excluding hydrogens is 232 g/mol. The zero-order chi connectivity index (χ0) is 12.5. The molecule has 0 unspecified atom stereocenters. The summed E-state index contributed by atoms with van der Waals surface area (Å²) in [4.78, 5) is 12.8. The second-order valence-corrected chi connectivity index (χ2v) is 5.10. The SMILES string of the molecule is CCc1ccsc1CNC(=O)CCCCCN. The minimum absolute atomic E-state index is 0.150. The number of nitrogens with one attached hydrogen (secondary N) is 1. The third kappa shape index (κ3) is 5.33. The van der Waals surface area contributed by atoms with Gasteiger partial charge in [-0.15, -0.1) is 11.3 Å². The van der Waals surface area contributed by atoms with Crippen LogP contribution in [-0.4, -0.2) is 12.5 Å². The highest BCUT2D eigenvalue weighted by Gasteiger charge is 2.05. The van der Waals surface area contributed by atoms with E-state index in [9.17, 15) is 4.79 Å². The van der Waals surface area contributed by atoms with Gasteiger partial charge in [0.2, 0.25) is 5.91 Å². The van der Waals surface area contributed by atoms with Gasteiger partial charge in [-0.1, -0.05) is 13.3 Å². The van der Waals surface area contributed by atoms with Gasteiger partial charge < -0.3 is 11.1 Å². The predicted molar refractivity (Wildman–Crippen MR) is 73.1 cm³/mol. The van der Waals surface area contributed by atoms with Crippen molar-refractivity contribution in [2.75, 3.05) is 6.54 Å². The highest BCUT2D eigenvalue weighted by atomic mass is 32.1. The summed E-state index contributed by atoms with van der Waals surface area (Å²) in [6, 6.07) is 2.13. The van der Waals surface area contributed by atoms with Crippen LogP contribution in [0.4, 0.5) is 0 Å². The van der Waals surface area contributed by atoms with Gasteiger partial charge in [0.05, 0.1) is 6.54 Å². The van der Waals surface area contributed by atoms with Crippen LogP contribution in [0, 0.1) is 0 Å². The molecule has 0 aliphatic carbocycles. The molecular formula is C13H22N2OS. The number of amides is 1. The first-order valence-electron chi connectivity index (χ1n) is 6.30. The van der Waals surface area contributed by atoms with Gasteiger partial charge >= 0.3 is 0 Å². The second kappa shape index (κ2) is 8.25. The van der Waals surface area contributed by atoms with Crippen LogP contribution >= 0.6 is 11.3 Å². The fraction of sp³-hybridized carbons (Fsp3) is 0.615. The molecule has 0 radical (unpaired) electrons. The topological polar surface area (TPSA) is 55.1 Å². The van der Waals surface area contributed by atoms with E-state index in [0.717, 1.165) is 32.2 Å². The molecule has 0 saturated heterocycles. The van der Waals surface area contributed by atoms with Gasteiger partial charge in [0.25, 0.3) is 0 Å². The van der Waals surface area contributed by atoms with Crippen molar-refractivity contribution < 1.29 is 4.79 Å². The summed E-state index contributed by atoms with van der Waals surface area (Å²) in [5, 5.41) is 5.06. The first-order valence-corrected chi connectivity index (χ1v) is 7.18. The standard InChI is InChI=1S/C13H22N2OS/c1-2-11-7-9-17-12(11)10-15-13(16)6-4-3-5-8-14/h7,9H,2-6,8,10,14H2,1H3,(H,15,16). The van der Waals surface area contributed by atoms with Gasteiger partial charge in [-0.25, -0.2) is 0 Å². The summed E-state index contributed by atoms with van der Waals surface area (Å²) in [6.07, 6.45) is 4.65. The molecule has 1 heterocycles. The average molecular weight is 254 g/mol. The first-order chi connectivity index (χ1) is 8.27. The predicted octanol–water partition coefficient (Wildman–Crippen LogP) is 2.45. The number of thiophene rings is 1. The van der Waals surface area contributed by atoms with Gasteiger partial charge in [-0.2, -0.15) is 0 Å². The van der Waals surface area contributed by atoms with E-state index >= 15 is 0 Å². The molecule has 3 nitrogen and oxygen atoms in total. The summed E-state index contributed by atoms with van der Waals surface area (Å²) in [6.45, 7) is 3.54. The third-order valence-corrected chi connectivity index (χ3v) is 3.74. The number of hydrogen-bond acceptors (Lipinski definition) is 3. The van der Waals surface area contributed by atoms with Crippen molar-refractivity contribution in [3.05, 3.63) is 21.9 Å². The van der Waals surface area contributed by atoms with Gasteiger partial charge in [0.15, 0.2) is 0 Å². The van der Waals surface area contributed by atoms with E-state index in [-0.39, 0.29) is 5.91 Å². The maximum absolute atomic E-state index is 11.6. The second-order valence-electron chi connectivity index (χ2n) is 4.10. The number of nitrogens with two attached hydrogens (primary N) is 1. The van der Waals surface area contributed by atoms with E-state index in [0.29, 0.717) is 13.0 Å². The molecule has 0 atom stereocenters. The molecule has 0 spiro atoms. The lowest BCUT2D eigenvalue weighted by molar-refractivity contribution is -0.121. The molecule has 0 aromatic carbocycles. The Hall–Kier alpha value is -0.870. The lowest BCUT2D eigenvalue weighted by Gasteiger charge is -2.05. The molecule has 17 heavy (non-hydrogen) atoms. The fourth-order valence-electron chi connectivity index (χ4n) is 1.71. The molecule has 0 aliphatic heterocycles. The van der Waals surface area contributed by atoms with Crippen molar-refractivity contribution in [2.45, 2.75) is 45.6 Å². The van der Waals surface area contributed by atoms with E-state index in [1.165, 1.54) is 10.4 Å². The quantitative estimate of drug-likeness (QED) is 0.700. The summed E-state index contributed by atoms with van der Waals surface area (Å²) in [5.74, 6) is 0.150. The van der Waals surface area contributed by atoms with Gasteiger partial charge in [0.1, 0.15) is 0 Å². The van der Waals surface area contributed by atoms with Crippen molar-refractivity contribution in [1.82, 2.24) is 5.32 Å².